The Bertz CT molecular complexity index is 852. The maximum absolute atomic E-state index is 12.0. The second-order valence-corrected chi connectivity index (χ2v) is 6.76. The van der Waals surface area contributed by atoms with Gasteiger partial charge in [0.25, 0.3) is 11.8 Å². The first-order valence-corrected chi connectivity index (χ1v) is 8.79. The van der Waals surface area contributed by atoms with Gasteiger partial charge in [-0.3, -0.25) is 14.6 Å². The van der Waals surface area contributed by atoms with Gasteiger partial charge in [-0.05, 0) is 53.0 Å². The van der Waals surface area contributed by atoms with E-state index in [1.54, 1.807) is 30.3 Å². The number of amides is 2. The number of esters is 1. The third kappa shape index (κ3) is 5.13. The number of hydrogen-bond donors (Lipinski definition) is 2. The molecule has 0 atom stereocenters. The largest absolute Gasteiger partial charge is 0.452 e. The van der Waals surface area contributed by atoms with Gasteiger partial charge in [-0.2, -0.15) is 0 Å². The maximum atomic E-state index is 12.0. The fourth-order valence-electron chi connectivity index (χ4n) is 2.17. The van der Waals surface area contributed by atoms with Crippen molar-refractivity contribution in [3.63, 3.8) is 0 Å². The van der Waals surface area contributed by atoms with E-state index in [0.29, 0.717) is 15.7 Å². The SMILES string of the molecule is O=C(COC(=O)c1cncc(Br)c1)Nc1cccc(C(=O)NC2CC2)c1. The van der Waals surface area contributed by atoms with E-state index >= 15 is 0 Å². The highest BCUT2D eigenvalue weighted by Crippen LogP contribution is 2.20. The van der Waals surface area contributed by atoms with E-state index < -0.39 is 18.5 Å². The highest BCUT2D eigenvalue weighted by atomic mass is 79.9. The predicted molar refractivity (Wildman–Crippen MR) is 97.8 cm³/mol. The number of benzene rings is 1. The van der Waals surface area contributed by atoms with Crippen LogP contribution in [0.2, 0.25) is 0 Å². The molecule has 0 bridgehead atoms. The molecule has 8 heteroatoms. The van der Waals surface area contributed by atoms with E-state index in [4.69, 9.17) is 4.74 Å². The number of anilines is 1. The second kappa shape index (κ2) is 8.09. The quantitative estimate of drug-likeness (QED) is 0.703. The Morgan fingerprint density at radius 1 is 1.15 bits per heavy atom. The first-order valence-electron chi connectivity index (χ1n) is 8.00. The van der Waals surface area contributed by atoms with Crippen molar-refractivity contribution in [1.82, 2.24) is 10.3 Å². The van der Waals surface area contributed by atoms with Crippen LogP contribution in [0.4, 0.5) is 5.69 Å². The van der Waals surface area contributed by atoms with Gasteiger partial charge in [0.1, 0.15) is 0 Å². The van der Waals surface area contributed by atoms with Gasteiger partial charge in [-0.1, -0.05) is 6.07 Å². The lowest BCUT2D eigenvalue weighted by Crippen LogP contribution is -2.25. The molecule has 134 valence electrons. The highest BCUT2D eigenvalue weighted by Gasteiger charge is 2.23. The number of pyridine rings is 1. The van der Waals surface area contributed by atoms with Crippen LogP contribution in [0.3, 0.4) is 0 Å². The van der Waals surface area contributed by atoms with Crippen LogP contribution >= 0.6 is 15.9 Å². The Labute approximate surface area is 158 Å². The molecule has 26 heavy (non-hydrogen) atoms. The zero-order valence-corrected chi connectivity index (χ0v) is 15.3. The first-order chi connectivity index (χ1) is 12.5. The summed E-state index contributed by atoms with van der Waals surface area (Å²) in [5, 5.41) is 5.49. The van der Waals surface area contributed by atoms with Crippen molar-refractivity contribution >= 4 is 39.4 Å². The van der Waals surface area contributed by atoms with Crippen molar-refractivity contribution in [1.29, 1.82) is 0 Å². The summed E-state index contributed by atoms with van der Waals surface area (Å²) in [5.74, 6) is -1.32. The van der Waals surface area contributed by atoms with E-state index in [2.05, 4.69) is 31.5 Å². The lowest BCUT2D eigenvalue weighted by molar-refractivity contribution is -0.119. The topological polar surface area (TPSA) is 97.4 Å². The summed E-state index contributed by atoms with van der Waals surface area (Å²) in [5.41, 5.74) is 1.16. The first kappa shape index (κ1) is 18.1. The molecule has 1 heterocycles. The lowest BCUT2D eigenvalue weighted by Gasteiger charge is -2.08. The van der Waals surface area contributed by atoms with Gasteiger partial charge >= 0.3 is 5.97 Å². The number of nitrogens with one attached hydrogen (secondary N) is 2. The smallest absolute Gasteiger partial charge is 0.340 e. The van der Waals surface area contributed by atoms with Gasteiger partial charge < -0.3 is 15.4 Å². The molecule has 1 aromatic heterocycles. The number of rotatable bonds is 6. The third-order valence-corrected chi connectivity index (χ3v) is 4.03. The van der Waals surface area contributed by atoms with Crippen molar-refractivity contribution in [2.45, 2.75) is 18.9 Å². The van der Waals surface area contributed by atoms with Crippen LogP contribution in [0, 0.1) is 0 Å². The third-order valence-electron chi connectivity index (χ3n) is 3.60. The Morgan fingerprint density at radius 2 is 1.96 bits per heavy atom. The molecule has 3 rings (SSSR count). The molecule has 0 spiro atoms. The van der Waals surface area contributed by atoms with E-state index in [1.165, 1.54) is 12.4 Å². The minimum absolute atomic E-state index is 0.169. The zero-order chi connectivity index (χ0) is 18.5. The molecule has 2 amide bonds. The molecule has 0 unspecified atom stereocenters. The Kier molecular flexibility index (Phi) is 5.62. The van der Waals surface area contributed by atoms with Gasteiger partial charge in [0.2, 0.25) is 0 Å². The molecule has 1 aliphatic carbocycles. The number of halogens is 1. The number of carbonyl (C=O) groups is 3. The number of nitrogens with zero attached hydrogens (tertiary/aromatic N) is 1. The van der Waals surface area contributed by atoms with Crippen LogP contribution in [-0.4, -0.2) is 35.4 Å². The molecule has 0 radical (unpaired) electrons. The molecule has 1 fully saturated rings. The van der Waals surface area contributed by atoms with Crippen molar-refractivity contribution in [3.8, 4) is 0 Å². The van der Waals surface area contributed by atoms with Crippen LogP contribution in [0.15, 0.2) is 47.2 Å². The zero-order valence-electron chi connectivity index (χ0n) is 13.7. The van der Waals surface area contributed by atoms with Gasteiger partial charge in [0.05, 0.1) is 5.56 Å². The minimum Gasteiger partial charge on any atom is -0.452 e. The maximum Gasteiger partial charge on any atom is 0.340 e. The second-order valence-electron chi connectivity index (χ2n) is 5.84. The van der Waals surface area contributed by atoms with E-state index in [0.717, 1.165) is 12.8 Å². The fourth-order valence-corrected chi connectivity index (χ4v) is 2.53. The summed E-state index contributed by atoms with van der Waals surface area (Å²) in [6, 6.07) is 8.40. The summed E-state index contributed by atoms with van der Waals surface area (Å²) in [6.45, 7) is -0.441. The lowest BCUT2D eigenvalue weighted by atomic mass is 10.2. The molecular weight excluding hydrogens is 402 g/mol. The molecule has 0 aliphatic heterocycles. The molecule has 7 nitrogen and oxygen atoms in total. The summed E-state index contributed by atoms with van der Waals surface area (Å²) in [6.07, 6.45) is 4.89. The van der Waals surface area contributed by atoms with E-state index in [9.17, 15) is 14.4 Å². The summed E-state index contributed by atoms with van der Waals surface area (Å²) < 4.78 is 5.60. The Morgan fingerprint density at radius 3 is 2.69 bits per heavy atom. The standard InChI is InChI=1S/C18H16BrN3O4/c19-13-6-12(8-20-9-13)18(25)26-10-16(23)21-15-3-1-2-11(7-15)17(24)22-14-4-5-14/h1-3,6-9,14H,4-5,10H2,(H,21,23)(H,22,24). The monoisotopic (exact) mass is 417 g/mol. The van der Waals surface area contributed by atoms with Crippen LogP contribution in [0.1, 0.15) is 33.6 Å². The van der Waals surface area contributed by atoms with Crippen LogP contribution < -0.4 is 10.6 Å². The van der Waals surface area contributed by atoms with E-state index in [-0.39, 0.29) is 17.5 Å². The summed E-state index contributed by atoms with van der Waals surface area (Å²) >= 11 is 3.21. The van der Waals surface area contributed by atoms with Gasteiger partial charge in [-0.25, -0.2) is 4.79 Å². The Balaban J connectivity index is 1.53. The van der Waals surface area contributed by atoms with Crippen LogP contribution in [-0.2, 0) is 9.53 Å². The van der Waals surface area contributed by atoms with Gasteiger partial charge in [0.15, 0.2) is 6.61 Å². The van der Waals surface area contributed by atoms with Crippen molar-refractivity contribution in [2.24, 2.45) is 0 Å². The molecule has 2 N–H and O–H groups in total. The Hall–Kier alpha value is -2.74. The van der Waals surface area contributed by atoms with Gasteiger partial charge in [0, 0.05) is 34.2 Å². The minimum atomic E-state index is -0.647. The molecule has 1 aliphatic rings. The molecule has 0 saturated heterocycles. The summed E-state index contributed by atoms with van der Waals surface area (Å²) in [7, 11) is 0. The van der Waals surface area contributed by atoms with Crippen molar-refractivity contribution in [3.05, 3.63) is 58.3 Å². The molecule has 2 aromatic rings. The molecule has 1 aromatic carbocycles. The number of ether oxygens (including phenoxy) is 1. The number of carbonyl (C=O) groups excluding carboxylic acids is 3. The predicted octanol–water partition coefficient (Wildman–Crippen LogP) is 2.53. The normalized spacial score (nSPS) is 13.0. The molecule has 1 saturated carbocycles. The molecular formula is C18H16BrN3O4. The van der Waals surface area contributed by atoms with Crippen molar-refractivity contribution in [2.75, 3.05) is 11.9 Å². The average Bonchev–Trinajstić information content (AvgIpc) is 3.44. The van der Waals surface area contributed by atoms with Crippen LogP contribution in [0.5, 0.6) is 0 Å². The van der Waals surface area contributed by atoms with Crippen LogP contribution in [0.25, 0.3) is 0 Å². The number of hydrogen-bond acceptors (Lipinski definition) is 5. The fraction of sp³-hybridized carbons (Fsp3) is 0.222. The highest BCUT2D eigenvalue weighted by molar-refractivity contribution is 9.10. The van der Waals surface area contributed by atoms with Crippen molar-refractivity contribution < 1.29 is 19.1 Å². The average molecular weight is 418 g/mol. The number of aromatic nitrogens is 1. The summed E-state index contributed by atoms with van der Waals surface area (Å²) in [4.78, 5) is 39.8. The van der Waals surface area contributed by atoms with E-state index in [1.807, 2.05) is 0 Å². The van der Waals surface area contributed by atoms with Gasteiger partial charge in [-0.15, -0.1) is 0 Å².